The van der Waals surface area contributed by atoms with Crippen LogP contribution in [0.5, 0.6) is 5.75 Å². The maximum atomic E-state index is 13.5. The van der Waals surface area contributed by atoms with Gasteiger partial charge in [-0.2, -0.15) is 5.90 Å². The number of aryl methyl sites for hydroxylation is 1. The van der Waals surface area contributed by atoms with Gasteiger partial charge in [0.05, 0.1) is 0 Å². The lowest BCUT2D eigenvalue weighted by molar-refractivity contribution is -0.145. The second kappa shape index (κ2) is 12.4. The molecule has 1 aromatic carbocycles. The first-order chi connectivity index (χ1) is 18.7. The van der Waals surface area contributed by atoms with E-state index in [-0.39, 0.29) is 17.2 Å². The van der Waals surface area contributed by atoms with Gasteiger partial charge in [-0.25, -0.2) is 19.0 Å². The lowest BCUT2D eigenvalue weighted by Crippen LogP contribution is -2.38. The molecule has 208 valence electrons. The molecule has 0 radical (unpaired) electrons. The molecule has 1 unspecified atom stereocenters. The summed E-state index contributed by atoms with van der Waals surface area (Å²) in [5.41, 5.74) is 2.69. The zero-order valence-corrected chi connectivity index (χ0v) is 21.9. The summed E-state index contributed by atoms with van der Waals surface area (Å²) in [7, 11) is 0. The van der Waals surface area contributed by atoms with Crippen LogP contribution in [0.3, 0.4) is 0 Å². The smallest absolute Gasteiger partial charge is 0.331 e. The van der Waals surface area contributed by atoms with Gasteiger partial charge >= 0.3 is 11.9 Å². The van der Waals surface area contributed by atoms with E-state index < -0.39 is 23.9 Å². The van der Waals surface area contributed by atoms with Crippen LogP contribution < -0.4 is 16.3 Å². The summed E-state index contributed by atoms with van der Waals surface area (Å²) in [6.07, 6.45) is 4.28. The number of esters is 1. The third-order valence-corrected chi connectivity index (χ3v) is 7.43. The Labute approximate surface area is 225 Å². The number of aliphatic carboxylic acids is 1. The average Bonchev–Trinajstić information content (AvgIpc) is 2.92. The fraction of sp³-hybridized carbons (Fsp3) is 0.429. The van der Waals surface area contributed by atoms with Gasteiger partial charge in [-0.1, -0.05) is 6.58 Å². The van der Waals surface area contributed by atoms with Crippen LogP contribution in [0.15, 0.2) is 41.7 Å². The number of fused-ring (bicyclic) bond motifs is 1. The number of nitrogens with zero attached hydrogens (tertiary/aromatic N) is 3. The van der Waals surface area contributed by atoms with Crippen LogP contribution in [0, 0.1) is 18.7 Å². The van der Waals surface area contributed by atoms with Crippen molar-refractivity contribution < 1.29 is 28.7 Å². The first kappa shape index (κ1) is 28.2. The molecule has 2 aromatic rings. The van der Waals surface area contributed by atoms with Gasteiger partial charge in [0.15, 0.2) is 17.7 Å². The predicted molar refractivity (Wildman–Crippen MR) is 141 cm³/mol. The average molecular weight is 541 g/mol. The second-order valence-corrected chi connectivity index (χ2v) is 9.88. The van der Waals surface area contributed by atoms with Crippen LogP contribution in [0.25, 0.3) is 5.57 Å². The van der Waals surface area contributed by atoms with Crippen molar-refractivity contribution in [3.8, 4) is 5.75 Å². The highest BCUT2D eigenvalue weighted by Gasteiger charge is 2.28. The molecule has 1 saturated heterocycles. The lowest BCUT2D eigenvalue weighted by atomic mass is 9.85. The SMILES string of the molecule is C=C(c1ccc(F)cc1ON)C1CCN(CCc2c(C)nc3n(c2=O)CCCC3OC(=O)/C=C/C(=O)O)CC1. The van der Waals surface area contributed by atoms with E-state index in [0.717, 1.165) is 37.6 Å². The van der Waals surface area contributed by atoms with Crippen molar-refractivity contribution in [2.24, 2.45) is 11.8 Å². The van der Waals surface area contributed by atoms with Crippen molar-refractivity contribution in [2.45, 2.75) is 51.7 Å². The van der Waals surface area contributed by atoms with Crippen molar-refractivity contribution in [3.05, 3.63) is 75.7 Å². The van der Waals surface area contributed by atoms with Gasteiger partial charge in [0.1, 0.15) is 5.82 Å². The highest BCUT2D eigenvalue weighted by Crippen LogP contribution is 2.35. The standard InChI is InChI=1S/C28H33FN4O6/c1-17(21-6-5-20(29)16-24(21)39-30)19-9-13-32(14-10-19)15-11-22-18(2)31-27-23(4-3-12-33(27)28(22)37)38-26(36)8-7-25(34)35/h5-8,16,19,23H,1,3-4,9-15,30H2,2H3,(H,34,35)/b8-7+. The Morgan fingerprint density at radius 1 is 1.23 bits per heavy atom. The van der Waals surface area contributed by atoms with E-state index in [4.69, 9.17) is 20.6 Å². The molecule has 4 rings (SSSR count). The van der Waals surface area contributed by atoms with Gasteiger partial charge in [-0.15, -0.1) is 0 Å². The van der Waals surface area contributed by atoms with E-state index in [0.29, 0.717) is 61.1 Å². The molecule has 0 spiro atoms. The van der Waals surface area contributed by atoms with Gasteiger partial charge in [0.25, 0.3) is 5.56 Å². The summed E-state index contributed by atoms with van der Waals surface area (Å²) in [6.45, 7) is 8.83. The molecule has 2 aliphatic heterocycles. The van der Waals surface area contributed by atoms with E-state index in [2.05, 4.69) is 16.5 Å². The minimum atomic E-state index is -1.25. The minimum absolute atomic E-state index is 0.131. The second-order valence-electron chi connectivity index (χ2n) is 9.88. The number of ether oxygens (including phenoxy) is 1. The normalized spacial score (nSPS) is 18.1. The number of piperidine rings is 1. The lowest BCUT2D eigenvalue weighted by Gasteiger charge is -2.33. The van der Waals surface area contributed by atoms with Gasteiger partial charge in [0, 0.05) is 48.1 Å². The van der Waals surface area contributed by atoms with Crippen LogP contribution in [0.2, 0.25) is 0 Å². The number of hydrogen-bond acceptors (Lipinski definition) is 8. The molecule has 0 aliphatic carbocycles. The number of allylic oxidation sites excluding steroid dienone is 1. The van der Waals surface area contributed by atoms with Gasteiger partial charge in [-0.3, -0.25) is 9.36 Å². The van der Waals surface area contributed by atoms with Gasteiger partial charge in [0.2, 0.25) is 0 Å². The van der Waals surface area contributed by atoms with Crippen molar-refractivity contribution in [2.75, 3.05) is 19.6 Å². The molecule has 0 amide bonds. The van der Waals surface area contributed by atoms with E-state index in [1.165, 1.54) is 12.1 Å². The number of carbonyl (C=O) groups is 2. The maximum Gasteiger partial charge on any atom is 0.331 e. The van der Waals surface area contributed by atoms with Crippen molar-refractivity contribution >= 4 is 17.5 Å². The fourth-order valence-corrected chi connectivity index (χ4v) is 5.32. The van der Waals surface area contributed by atoms with E-state index in [1.54, 1.807) is 17.6 Å². The third kappa shape index (κ3) is 6.61. The van der Waals surface area contributed by atoms with Crippen LogP contribution in [-0.4, -0.2) is 51.1 Å². The summed E-state index contributed by atoms with van der Waals surface area (Å²) < 4.78 is 20.5. The van der Waals surface area contributed by atoms with E-state index in [9.17, 15) is 18.8 Å². The van der Waals surface area contributed by atoms with Crippen LogP contribution in [0.4, 0.5) is 4.39 Å². The Morgan fingerprint density at radius 3 is 2.67 bits per heavy atom. The largest absolute Gasteiger partial charge is 0.478 e. The fourth-order valence-electron chi connectivity index (χ4n) is 5.32. The number of rotatable bonds is 9. The maximum absolute atomic E-state index is 13.5. The Balaban J connectivity index is 1.38. The predicted octanol–water partition coefficient (Wildman–Crippen LogP) is 2.93. The Morgan fingerprint density at radius 2 is 1.97 bits per heavy atom. The van der Waals surface area contributed by atoms with E-state index >= 15 is 0 Å². The summed E-state index contributed by atoms with van der Waals surface area (Å²) in [6, 6.07) is 4.27. The molecule has 0 saturated carbocycles. The summed E-state index contributed by atoms with van der Waals surface area (Å²) >= 11 is 0. The summed E-state index contributed by atoms with van der Waals surface area (Å²) in [5, 5.41) is 8.71. The quantitative estimate of drug-likeness (QED) is 0.279. The topological polar surface area (TPSA) is 137 Å². The summed E-state index contributed by atoms with van der Waals surface area (Å²) in [4.78, 5) is 47.8. The highest BCUT2D eigenvalue weighted by molar-refractivity contribution is 5.90. The molecule has 1 fully saturated rings. The van der Waals surface area contributed by atoms with Crippen molar-refractivity contribution in [1.82, 2.24) is 14.5 Å². The molecule has 39 heavy (non-hydrogen) atoms. The Bertz CT molecular complexity index is 1350. The number of carbonyl (C=O) groups excluding carboxylic acids is 1. The van der Waals surface area contributed by atoms with Gasteiger partial charge < -0.3 is 19.6 Å². The molecule has 1 atom stereocenters. The number of hydrogen-bond donors (Lipinski definition) is 2. The Kier molecular flexibility index (Phi) is 8.93. The number of carboxylic acid groups (broad SMARTS) is 1. The van der Waals surface area contributed by atoms with E-state index in [1.807, 2.05) is 0 Å². The number of carboxylic acids is 1. The number of halogens is 1. The van der Waals surface area contributed by atoms with Crippen LogP contribution in [-0.2, 0) is 27.3 Å². The van der Waals surface area contributed by atoms with Crippen molar-refractivity contribution in [3.63, 3.8) is 0 Å². The third-order valence-electron chi connectivity index (χ3n) is 7.43. The number of benzene rings is 1. The molecule has 3 heterocycles. The molecular weight excluding hydrogens is 507 g/mol. The number of aromatic nitrogens is 2. The van der Waals surface area contributed by atoms with Gasteiger partial charge in [-0.05, 0) is 75.7 Å². The minimum Gasteiger partial charge on any atom is -0.478 e. The molecule has 0 bridgehead atoms. The monoisotopic (exact) mass is 540 g/mol. The van der Waals surface area contributed by atoms with Crippen LogP contribution in [0.1, 0.15) is 54.4 Å². The Hall–Kier alpha value is -3.83. The van der Waals surface area contributed by atoms with Crippen molar-refractivity contribution in [1.29, 1.82) is 0 Å². The molecule has 11 heteroatoms. The zero-order chi connectivity index (χ0) is 28.1. The molecule has 1 aromatic heterocycles. The zero-order valence-electron chi connectivity index (χ0n) is 21.9. The first-order valence-electron chi connectivity index (χ1n) is 13.0. The first-order valence-corrected chi connectivity index (χ1v) is 13.0. The molecule has 3 N–H and O–H groups in total. The number of nitrogens with two attached hydrogens (primary N) is 1. The summed E-state index contributed by atoms with van der Waals surface area (Å²) in [5.74, 6) is 3.75. The molecule has 10 nitrogen and oxygen atoms in total. The molecular formula is C28H33FN4O6. The highest BCUT2D eigenvalue weighted by atomic mass is 19.1. The number of likely N-dealkylation sites (tertiary alicyclic amines) is 1. The molecule has 2 aliphatic rings. The van der Waals surface area contributed by atoms with Crippen LogP contribution >= 0.6 is 0 Å².